The number of methoxy groups -OCH3 is 2. The van der Waals surface area contributed by atoms with E-state index in [9.17, 15) is 4.39 Å². The molecular formula is C19H25FIN3O3. The summed E-state index contributed by atoms with van der Waals surface area (Å²) in [4.78, 5) is 4.30. The minimum atomic E-state index is -0.280. The molecule has 0 aliphatic carbocycles. The molecule has 0 aliphatic heterocycles. The van der Waals surface area contributed by atoms with Gasteiger partial charge in [-0.05, 0) is 48.4 Å². The molecule has 2 aromatic carbocycles. The van der Waals surface area contributed by atoms with E-state index in [-0.39, 0.29) is 29.8 Å². The van der Waals surface area contributed by atoms with Crippen molar-refractivity contribution >= 4 is 29.9 Å². The minimum Gasteiger partial charge on any atom is -0.494 e. The number of halogens is 2. The summed E-state index contributed by atoms with van der Waals surface area (Å²) in [6, 6.07) is 11.5. The normalized spacial score (nSPS) is 10.7. The lowest BCUT2D eigenvalue weighted by Gasteiger charge is -2.09. The van der Waals surface area contributed by atoms with Crippen LogP contribution in [0.25, 0.3) is 0 Å². The van der Waals surface area contributed by atoms with Crippen molar-refractivity contribution in [2.75, 3.05) is 27.4 Å². The number of hydrogen-bond donors (Lipinski definition) is 2. The summed E-state index contributed by atoms with van der Waals surface area (Å²) in [5.41, 5.74) is 6.82. The molecule has 3 N–H and O–H groups in total. The number of aliphatic imine (C=N–C) groups is 1. The quantitative estimate of drug-likeness (QED) is 0.245. The molecule has 0 fully saturated rings. The number of hydrogen-bond acceptors (Lipinski definition) is 4. The third-order valence-electron chi connectivity index (χ3n) is 3.59. The van der Waals surface area contributed by atoms with Gasteiger partial charge < -0.3 is 25.3 Å². The maximum atomic E-state index is 12.8. The number of guanidine groups is 1. The fraction of sp³-hybridized carbons (Fsp3) is 0.316. The molecule has 0 unspecified atom stereocenters. The lowest BCUT2D eigenvalue weighted by Crippen LogP contribution is -2.33. The van der Waals surface area contributed by atoms with Crippen LogP contribution in [-0.4, -0.2) is 33.3 Å². The van der Waals surface area contributed by atoms with E-state index in [0.29, 0.717) is 42.9 Å². The lowest BCUT2D eigenvalue weighted by molar-refractivity contribution is 0.311. The monoisotopic (exact) mass is 489 g/mol. The molecule has 0 amide bonds. The molecule has 0 bridgehead atoms. The third kappa shape index (κ3) is 7.90. The second-order valence-corrected chi connectivity index (χ2v) is 5.47. The van der Waals surface area contributed by atoms with Gasteiger partial charge in [0.1, 0.15) is 11.6 Å². The Kier molecular flexibility index (Phi) is 10.3. The van der Waals surface area contributed by atoms with Crippen LogP contribution in [0.3, 0.4) is 0 Å². The van der Waals surface area contributed by atoms with Crippen LogP contribution >= 0.6 is 24.0 Å². The van der Waals surface area contributed by atoms with Gasteiger partial charge >= 0.3 is 0 Å². The first-order chi connectivity index (χ1) is 12.6. The van der Waals surface area contributed by atoms with Crippen molar-refractivity contribution in [1.82, 2.24) is 5.32 Å². The molecule has 27 heavy (non-hydrogen) atoms. The van der Waals surface area contributed by atoms with E-state index in [4.69, 9.17) is 19.9 Å². The van der Waals surface area contributed by atoms with Gasteiger partial charge in [-0.15, -0.1) is 24.0 Å². The number of benzene rings is 2. The molecule has 0 radical (unpaired) electrons. The fourth-order valence-corrected chi connectivity index (χ4v) is 2.22. The zero-order valence-corrected chi connectivity index (χ0v) is 17.7. The zero-order chi connectivity index (χ0) is 18.8. The first-order valence-corrected chi connectivity index (χ1v) is 8.25. The predicted octanol–water partition coefficient (Wildman–Crippen LogP) is 3.33. The Morgan fingerprint density at radius 1 is 1.07 bits per heavy atom. The average molecular weight is 489 g/mol. The molecule has 2 aromatic rings. The van der Waals surface area contributed by atoms with Crippen molar-refractivity contribution in [1.29, 1.82) is 0 Å². The van der Waals surface area contributed by atoms with E-state index in [2.05, 4.69) is 10.3 Å². The van der Waals surface area contributed by atoms with Crippen molar-refractivity contribution in [3.05, 3.63) is 53.8 Å². The summed E-state index contributed by atoms with van der Waals surface area (Å²) in [5.74, 6) is 2.05. The van der Waals surface area contributed by atoms with Gasteiger partial charge in [0.15, 0.2) is 17.5 Å². The summed E-state index contributed by atoms with van der Waals surface area (Å²) in [6.07, 6.45) is 0.740. The maximum Gasteiger partial charge on any atom is 0.188 e. The first-order valence-electron chi connectivity index (χ1n) is 8.25. The fourth-order valence-electron chi connectivity index (χ4n) is 2.22. The maximum absolute atomic E-state index is 12.8. The zero-order valence-electron chi connectivity index (χ0n) is 15.4. The van der Waals surface area contributed by atoms with Crippen LogP contribution in [0.2, 0.25) is 0 Å². The van der Waals surface area contributed by atoms with Gasteiger partial charge in [0.2, 0.25) is 0 Å². The van der Waals surface area contributed by atoms with Crippen LogP contribution in [0.1, 0.15) is 12.0 Å². The van der Waals surface area contributed by atoms with Gasteiger partial charge in [-0.1, -0.05) is 6.07 Å². The van der Waals surface area contributed by atoms with E-state index < -0.39 is 0 Å². The molecule has 2 rings (SSSR count). The lowest BCUT2D eigenvalue weighted by atomic mass is 10.2. The summed E-state index contributed by atoms with van der Waals surface area (Å²) in [6.45, 7) is 1.56. The van der Waals surface area contributed by atoms with E-state index in [1.54, 1.807) is 26.4 Å². The van der Waals surface area contributed by atoms with Crippen LogP contribution < -0.4 is 25.3 Å². The smallest absolute Gasteiger partial charge is 0.188 e. The highest BCUT2D eigenvalue weighted by molar-refractivity contribution is 14.0. The first kappa shape index (κ1) is 22.8. The van der Waals surface area contributed by atoms with Crippen LogP contribution in [-0.2, 0) is 6.54 Å². The second-order valence-electron chi connectivity index (χ2n) is 5.47. The second kappa shape index (κ2) is 12.2. The minimum absolute atomic E-state index is 0. The van der Waals surface area contributed by atoms with Crippen molar-refractivity contribution in [2.24, 2.45) is 10.7 Å². The standard InChI is InChI=1S/C19H24FN3O3.HI/c1-24-17-9-4-14(12-18(17)25-2)13-23-19(21)22-10-3-11-26-16-7-5-15(20)6-8-16;/h4-9,12H,3,10-11,13H2,1-2H3,(H3,21,22,23);1H. The molecule has 0 saturated carbocycles. The third-order valence-corrected chi connectivity index (χ3v) is 3.59. The summed E-state index contributed by atoms with van der Waals surface area (Å²) in [5, 5.41) is 3.03. The van der Waals surface area contributed by atoms with Gasteiger partial charge in [0.05, 0.1) is 27.4 Å². The molecule has 6 nitrogen and oxygen atoms in total. The van der Waals surface area contributed by atoms with Crippen LogP contribution in [0.15, 0.2) is 47.5 Å². The van der Waals surface area contributed by atoms with E-state index in [1.165, 1.54) is 12.1 Å². The molecule has 8 heteroatoms. The van der Waals surface area contributed by atoms with E-state index in [1.807, 2.05) is 18.2 Å². The van der Waals surface area contributed by atoms with Crippen LogP contribution in [0.5, 0.6) is 17.2 Å². The summed E-state index contributed by atoms with van der Waals surface area (Å²) >= 11 is 0. The van der Waals surface area contributed by atoms with Crippen molar-refractivity contribution in [3.63, 3.8) is 0 Å². The molecule has 0 aliphatic rings. The Labute approximate surface area is 175 Å². The van der Waals surface area contributed by atoms with E-state index in [0.717, 1.165) is 12.0 Å². The molecular weight excluding hydrogens is 464 g/mol. The van der Waals surface area contributed by atoms with Crippen molar-refractivity contribution < 1.29 is 18.6 Å². The summed E-state index contributed by atoms with van der Waals surface area (Å²) in [7, 11) is 3.19. The van der Waals surface area contributed by atoms with Crippen LogP contribution in [0.4, 0.5) is 4.39 Å². The largest absolute Gasteiger partial charge is 0.494 e. The van der Waals surface area contributed by atoms with Gasteiger partial charge in [-0.3, -0.25) is 0 Å². The molecule has 0 spiro atoms. The van der Waals surface area contributed by atoms with Gasteiger partial charge in [-0.25, -0.2) is 9.38 Å². The number of nitrogens with zero attached hydrogens (tertiary/aromatic N) is 1. The van der Waals surface area contributed by atoms with Gasteiger partial charge in [0.25, 0.3) is 0 Å². The highest BCUT2D eigenvalue weighted by Crippen LogP contribution is 2.27. The number of nitrogens with two attached hydrogens (primary N) is 1. The highest BCUT2D eigenvalue weighted by Gasteiger charge is 2.04. The average Bonchev–Trinajstić information content (AvgIpc) is 2.67. The van der Waals surface area contributed by atoms with Gasteiger partial charge in [-0.2, -0.15) is 0 Å². The molecule has 0 aromatic heterocycles. The predicted molar refractivity (Wildman–Crippen MR) is 115 cm³/mol. The van der Waals surface area contributed by atoms with E-state index >= 15 is 0 Å². The van der Waals surface area contributed by atoms with Crippen molar-refractivity contribution in [2.45, 2.75) is 13.0 Å². The number of rotatable bonds is 9. The molecule has 0 atom stereocenters. The Balaban J connectivity index is 0.00000364. The highest BCUT2D eigenvalue weighted by atomic mass is 127. The SMILES string of the molecule is COc1ccc(CN=C(N)NCCCOc2ccc(F)cc2)cc1OC.I. The summed E-state index contributed by atoms with van der Waals surface area (Å²) < 4.78 is 28.8. The number of nitrogens with one attached hydrogen (secondary N) is 1. The topological polar surface area (TPSA) is 78.1 Å². The van der Waals surface area contributed by atoms with Crippen LogP contribution in [0, 0.1) is 5.82 Å². The number of ether oxygens (including phenoxy) is 3. The Morgan fingerprint density at radius 2 is 1.78 bits per heavy atom. The molecule has 148 valence electrons. The molecule has 0 heterocycles. The Hall–Kier alpha value is -2.23. The Bertz CT molecular complexity index is 727. The molecule has 0 saturated heterocycles. The van der Waals surface area contributed by atoms with Crippen molar-refractivity contribution in [3.8, 4) is 17.2 Å². The Morgan fingerprint density at radius 3 is 2.44 bits per heavy atom. The van der Waals surface area contributed by atoms with Gasteiger partial charge in [0, 0.05) is 6.54 Å².